The van der Waals surface area contributed by atoms with Crippen molar-refractivity contribution in [3.8, 4) is 0 Å². The van der Waals surface area contributed by atoms with Gasteiger partial charge in [-0.1, -0.05) is 19.1 Å². The number of rotatable bonds is 7. The van der Waals surface area contributed by atoms with Gasteiger partial charge in [-0.3, -0.25) is 0 Å². The molecule has 0 saturated carbocycles. The van der Waals surface area contributed by atoms with E-state index in [1.54, 1.807) is 12.1 Å². The molecule has 0 spiro atoms. The standard InChI is InChI=1S/C15H23NO3/c1-4-14(16)10-18-9-12-6-5-7-13(8-12)15(17)19-11(2)3/h5-8,11,14H,4,9-10,16H2,1-3H3. The highest BCUT2D eigenvalue weighted by Crippen LogP contribution is 2.09. The molecule has 0 aromatic heterocycles. The van der Waals surface area contributed by atoms with Gasteiger partial charge < -0.3 is 15.2 Å². The van der Waals surface area contributed by atoms with Crippen LogP contribution < -0.4 is 5.73 Å². The Morgan fingerprint density at radius 1 is 1.37 bits per heavy atom. The second kappa shape index (κ2) is 7.92. The topological polar surface area (TPSA) is 61.5 Å². The molecule has 1 unspecified atom stereocenters. The highest BCUT2D eigenvalue weighted by Gasteiger charge is 2.09. The number of carbonyl (C=O) groups excluding carboxylic acids is 1. The molecule has 2 N–H and O–H groups in total. The minimum Gasteiger partial charge on any atom is -0.459 e. The number of esters is 1. The Labute approximate surface area is 114 Å². The summed E-state index contributed by atoms with van der Waals surface area (Å²) in [5.41, 5.74) is 7.27. The van der Waals surface area contributed by atoms with Crippen LogP contribution in [0.3, 0.4) is 0 Å². The first-order valence-electron chi connectivity index (χ1n) is 6.66. The summed E-state index contributed by atoms with van der Waals surface area (Å²) in [4.78, 5) is 11.8. The van der Waals surface area contributed by atoms with Crippen LogP contribution in [-0.2, 0) is 16.1 Å². The lowest BCUT2D eigenvalue weighted by atomic mass is 10.1. The van der Waals surface area contributed by atoms with Crippen molar-refractivity contribution in [1.29, 1.82) is 0 Å². The molecule has 4 nitrogen and oxygen atoms in total. The summed E-state index contributed by atoms with van der Waals surface area (Å²) >= 11 is 0. The van der Waals surface area contributed by atoms with Crippen LogP contribution in [0.4, 0.5) is 0 Å². The fraction of sp³-hybridized carbons (Fsp3) is 0.533. The Morgan fingerprint density at radius 2 is 2.11 bits per heavy atom. The van der Waals surface area contributed by atoms with Crippen LogP contribution in [0.2, 0.25) is 0 Å². The molecule has 0 aliphatic carbocycles. The van der Waals surface area contributed by atoms with Gasteiger partial charge in [0.2, 0.25) is 0 Å². The Kier molecular flexibility index (Phi) is 6.53. The van der Waals surface area contributed by atoms with E-state index >= 15 is 0 Å². The molecule has 0 radical (unpaired) electrons. The van der Waals surface area contributed by atoms with Crippen LogP contribution in [0.15, 0.2) is 24.3 Å². The molecule has 0 fully saturated rings. The fourth-order valence-corrected chi connectivity index (χ4v) is 1.52. The second-order valence-corrected chi connectivity index (χ2v) is 4.84. The third kappa shape index (κ3) is 5.85. The molecule has 106 valence electrons. The molecule has 4 heteroatoms. The first kappa shape index (κ1) is 15.7. The number of benzene rings is 1. The summed E-state index contributed by atoms with van der Waals surface area (Å²) in [5.74, 6) is -0.304. The van der Waals surface area contributed by atoms with E-state index in [9.17, 15) is 4.79 Å². The van der Waals surface area contributed by atoms with Crippen LogP contribution >= 0.6 is 0 Å². The lowest BCUT2D eigenvalue weighted by molar-refractivity contribution is 0.0377. The van der Waals surface area contributed by atoms with Crippen molar-refractivity contribution >= 4 is 5.97 Å². The number of hydrogen-bond acceptors (Lipinski definition) is 4. The zero-order chi connectivity index (χ0) is 14.3. The molecule has 0 aliphatic heterocycles. The fourth-order valence-electron chi connectivity index (χ4n) is 1.52. The summed E-state index contributed by atoms with van der Waals surface area (Å²) in [6.07, 6.45) is 0.774. The van der Waals surface area contributed by atoms with E-state index in [0.29, 0.717) is 18.8 Å². The van der Waals surface area contributed by atoms with Crippen molar-refractivity contribution in [3.05, 3.63) is 35.4 Å². The Balaban J connectivity index is 2.54. The molecule has 0 amide bonds. The Bertz CT molecular complexity index is 404. The van der Waals surface area contributed by atoms with E-state index in [4.69, 9.17) is 15.2 Å². The SMILES string of the molecule is CCC(N)COCc1cccc(C(=O)OC(C)C)c1. The number of hydrogen-bond donors (Lipinski definition) is 1. The molecular weight excluding hydrogens is 242 g/mol. The van der Waals surface area contributed by atoms with E-state index in [1.165, 1.54) is 0 Å². The highest BCUT2D eigenvalue weighted by atomic mass is 16.5. The van der Waals surface area contributed by atoms with Crippen LogP contribution in [-0.4, -0.2) is 24.7 Å². The van der Waals surface area contributed by atoms with Gasteiger partial charge in [-0.05, 0) is 38.0 Å². The molecule has 1 atom stereocenters. The quantitative estimate of drug-likeness (QED) is 0.769. The van der Waals surface area contributed by atoms with Gasteiger partial charge in [-0.2, -0.15) is 0 Å². The van der Waals surface area contributed by atoms with Gasteiger partial charge in [-0.15, -0.1) is 0 Å². The molecule has 1 rings (SSSR count). The largest absolute Gasteiger partial charge is 0.459 e. The van der Waals surface area contributed by atoms with Gasteiger partial charge in [0.25, 0.3) is 0 Å². The van der Waals surface area contributed by atoms with Crippen molar-refractivity contribution in [1.82, 2.24) is 0 Å². The van der Waals surface area contributed by atoms with Gasteiger partial charge in [-0.25, -0.2) is 4.79 Å². The highest BCUT2D eigenvalue weighted by molar-refractivity contribution is 5.89. The van der Waals surface area contributed by atoms with Crippen molar-refractivity contribution < 1.29 is 14.3 Å². The molecule has 19 heavy (non-hydrogen) atoms. The average Bonchev–Trinajstić information content (AvgIpc) is 2.38. The monoisotopic (exact) mass is 265 g/mol. The molecule has 1 aromatic rings. The Morgan fingerprint density at radius 3 is 2.74 bits per heavy atom. The normalized spacial score (nSPS) is 12.5. The maximum Gasteiger partial charge on any atom is 0.338 e. The number of carbonyl (C=O) groups is 1. The lowest BCUT2D eigenvalue weighted by Crippen LogP contribution is -2.24. The first-order valence-corrected chi connectivity index (χ1v) is 6.66. The van der Waals surface area contributed by atoms with Crippen molar-refractivity contribution in [2.75, 3.05) is 6.61 Å². The van der Waals surface area contributed by atoms with E-state index in [-0.39, 0.29) is 18.1 Å². The average molecular weight is 265 g/mol. The number of ether oxygens (including phenoxy) is 2. The third-order valence-electron chi connectivity index (χ3n) is 2.63. The lowest BCUT2D eigenvalue weighted by Gasteiger charge is -2.11. The summed E-state index contributed by atoms with van der Waals surface area (Å²) in [7, 11) is 0. The molecular formula is C15H23NO3. The maximum absolute atomic E-state index is 11.8. The maximum atomic E-state index is 11.8. The van der Waals surface area contributed by atoms with E-state index in [0.717, 1.165) is 12.0 Å². The predicted molar refractivity (Wildman–Crippen MR) is 74.9 cm³/mol. The van der Waals surface area contributed by atoms with E-state index in [2.05, 4.69) is 0 Å². The van der Waals surface area contributed by atoms with Gasteiger partial charge >= 0.3 is 5.97 Å². The summed E-state index contributed by atoms with van der Waals surface area (Å²) < 4.78 is 10.7. The number of nitrogens with two attached hydrogens (primary N) is 1. The third-order valence-corrected chi connectivity index (χ3v) is 2.63. The minimum absolute atomic E-state index is 0.0640. The van der Waals surface area contributed by atoms with Crippen LogP contribution in [0, 0.1) is 0 Å². The van der Waals surface area contributed by atoms with Crippen molar-refractivity contribution in [3.63, 3.8) is 0 Å². The minimum atomic E-state index is -0.304. The summed E-state index contributed by atoms with van der Waals surface area (Å²) in [6.45, 7) is 6.66. The summed E-state index contributed by atoms with van der Waals surface area (Å²) in [6, 6.07) is 7.35. The van der Waals surface area contributed by atoms with Crippen LogP contribution in [0.5, 0.6) is 0 Å². The zero-order valence-corrected chi connectivity index (χ0v) is 11.9. The smallest absolute Gasteiger partial charge is 0.338 e. The zero-order valence-electron chi connectivity index (χ0n) is 11.9. The van der Waals surface area contributed by atoms with Crippen molar-refractivity contribution in [2.45, 2.75) is 45.9 Å². The van der Waals surface area contributed by atoms with Crippen LogP contribution in [0.25, 0.3) is 0 Å². The molecule has 0 saturated heterocycles. The Hall–Kier alpha value is -1.39. The molecule has 1 aromatic carbocycles. The van der Waals surface area contributed by atoms with E-state index in [1.807, 2.05) is 32.9 Å². The first-order chi connectivity index (χ1) is 9.02. The summed E-state index contributed by atoms with van der Waals surface area (Å²) in [5, 5.41) is 0. The van der Waals surface area contributed by atoms with Gasteiger partial charge in [0.05, 0.1) is 24.9 Å². The van der Waals surface area contributed by atoms with Crippen LogP contribution in [0.1, 0.15) is 43.1 Å². The molecule has 0 heterocycles. The molecule has 0 bridgehead atoms. The van der Waals surface area contributed by atoms with E-state index < -0.39 is 0 Å². The molecule has 0 aliphatic rings. The van der Waals surface area contributed by atoms with Gasteiger partial charge in [0, 0.05) is 6.04 Å². The van der Waals surface area contributed by atoms with Gasteiger partial charge in [0.15, 0.2) is 0 Å². The second-order valence-electron chi connectivity index (χ2n) is 4.84. The predicted octanol–water partition coefficient (Wildman–Crippen LogP) is 2.51. The van der Waals surface area contributed by atoms with Gasteiger partial charge in [0.1, 0.15) is 0 Å². The van der Waals surface area contributed by atoms with Crippen molar-refractivity contribution in [2.24, 2.45) is 5.73 Å².